The molecule has 1 aromatic rings. The molecular weight excluding hydrogens is 234 g/mol. The number of aryl methyl sites for hydroxylation is 1. The SMILES string of the molecule is O=C(CCc1cccs1)N[C@@H]1C=C[C@H](CO)C1. The van der Waals surface area contributed by atoms with Crippen LogP contribution in [0.15, 0.2) is 29.7 Å². The largest absolute Gasteiger partial charge is 0.396 e. The fourth-order valence-corrected chi connectivity index (χ4v) is 2.70. The van der Waals surface area contributed by atoms with Crippen LogP contribution in [0.4, 0.5) is 0 Å². The molecule has 0 saturated heterocycles. The topological polar surface area (TPSA) is 49.3 Å². The first-order valence-corrected chi connectivity index (χ1v) is 6.77. The fourth-order valence-electron chi connectivity index (χ4n) is 1.99. The van der Waals surface area contributed by atoms with Crippen LogP contribution in [0.3, 0.4) is 0 Å². The Bertz CT molecular complexity index is 386. The van der Waals surface area contributed by atoms with Crippen molar-refractivity contribution in [1.29, 1.82) is 0 Å². The van der Waals surface area contributed by atoms with Gasteiger partial charge in [-0.25, -0.2) is 0 Å². The van der Waals surface area contributed by atoms with Crippen molar-refractivity contribution in [2.75, 3.05) is 6.61 Å². The molecular formula is C13H17NO2S. The number of amides is 1. The molecule has 1 aromatic heterocycles. The van der Waals surface area contributed by atoms with Crippen LogP contribution in [-0.4, -0.2) is 23.7 Å². The van der Waals surface area contributed by atoms with Gasteiger partial charge in [-0.15, -0.1) is 11.3 Å². The van der Waals surface area contributed by atoms with Gasteiger partial charge in [-0.05, 0) is 24.3 Å². The number of hydrogen-bond donors (Lipinski definition) is 2. The quantitative estimate of drug-likeness (QED) is 0.783. The summed E-state index contributed by atoms with van der Waals surface area (Å²) in [5.41, 5.74) is 0. The van der Waals surface area contributed by atoms with Crippen molar-refractivity contribution >= 4 is 17.2 Å². The summed E-state index contributed by atoms with van der Waals surface area (Å²) >= 11 is 1.68. The highest BCUT2D eigenvalue weighted by Gasteiger charge is 2.19. The number of hydrogen-bond acceptors (Lipinski definition) is 3. The van der Waals surface area contributed by atoms with Crippen molar-refractivity contribution < 1.29 is 9.90 Å². The third-order valence-corrected chi connectivity index (χ3v) is 3.87. The van der Waals surface area contributed by atoms with Gasteiger partial charge in [0.1, 0.15) is 0 Å². The zero-order chi connectivity index (χ0) is 12.1. The van der Waals surface area contributed by atoms with Gasteiger partial charge < -0.3 is 10.4 Å². The Kier molecular flexibility index (Phi) is 4.34. The molecule has 1 heterocycles. The van der Waals surface area contributed by atoms with Crippen LogP contribution < -0.4 is 5.32 Å². The van der Waals surface area contributed by atoms with E-state index < -0.39 is 0 Å². The summed E-state index contributed by atoms with van der Waals surface area (Å²) in [5.74, 6) is 0.296. The van der Waals surface area contributed by atoms with Crippen LogP contribution in [0.25, 0.3) is 0 Å². The number of nitrogens with one attached hydrogen (secondary N) is 1. The summed E-state index contributed by atoms with van der Waals surface area (Å²) in [6, 6.07) is 4.15. The number of thiophene rings is 1. The van der Waals surface area contributed by atoms with E-state index in [4.69, 9.17) is 5.11 Å². The fraction of sp³-hybridized carbons (Fsp3) is 0.462. The predicted molar refractivity (Wildman–Crippen MR) is 68.9 cm³/mol. The van der Waals surface area contributed by atoms with Gasteiger partial charge in [0.2, 0.25) is 5.91 Å². The van der Waals surface area contributed by atoms with Crippen LogP contribution in [0.5, 0.6) is 0 Å². The lowest BCUT2D eigenvalue weighted by Crippen LogP contribution is -2.32. The highest BCUT2D eigenvalue weighted by Crippen LogP contribution is 2.17. The molecule has 1 aliphatic rings. The Morgan fingerprint density at radius 1 is 1.53 bits per heavy atom. The van der Waals surface area contributed by atoms with Gasteiger partial charge in [0.15, 0.2) is 0 Å². The number of carbonyl (C=O) groups excluding carboxylic acids is 1. The van der Waals surface area contributed by atoms with E-state index in [1.165, 1.54) is 4.88 Å². The Morgan fingerprint density at radius 3 is 3.06 bits per heavy atom. The monoisotopic (exact) mass is 251 g/mol. The summed E-state index contributed by atoms with van der Waals surface area (Å²) in [5, 5.41) is 14.0. The van der Waals surface area contributed by atoms with Crippen LogP contribution in [0.1, 0.15) is 17.7 Å². The van der Waals surface area contributed by atoms with Crippen molar-refractivity contribution in [1.82, 2.24) is 5.32 Å². The minimum atomic E-state index is 0.0895. The molecule has 0 spiro atoms. The summed E-state index contributed by atoms with van der Waals surface area (Å²) in [7, 11) is 0. The minimum absolute atomic E-state index is 0.0895. The van der Waals surface area contributed by atoms with Crippen molar-refractivity contribution in [2.45, 2.75) is 25.3 Å². The smallest absolute Gasteiger partial charge is 0.220 e. The third kappa shape index (κ3) is 3.68. The van der Waals surface area contributed by atoms with Crippen LogP contribution in [-0.2, 0) is 11.2 Å². The molecule has 0 bridgehead atoms. The highest BCUT2D eigenvalue weighted by molar-refractivity contribution is 7.09. The van der Waals surface area contributed by atoms with Crippen molar-refractivity contribution in [3.05, 3.63) is 34.5 Å². The molecule has 0 unspecified atom stereocenters. The van der Waals surface area contributed by atoms with Gasteiger partial charge in [-0.2, -0.15) is 0 Å². The van der Waals surface area contributed by atoms with E-state index in [0.717, 1.165) is 12.8 Å². The summed E-state index contributed by atoms with van der Waals surface area (Å²) in [4.78, 5) is 12.9. The lowest BCUT2D eigenvalue weighted by atomic mass is 10.1. The Morgan fingerprint density at radius 2 is 2.41 bits per heavy atom. The molecule has 0 aliphatic heterocycles. The van der Waals surface area contributed by atoms with Crippen LogP contribution in [0, 0.1) is 5.92 Å². The number of rotatable bonds is 5. The summed E-state index contributed by atoms with van der Waals surface area (Å²) in [6.07, 6.45) is 6.12. The first kappa shape index (κ1) is 12.3. The first-order chi connectivity index (χ1) is 8.28. The summed E-state index contributed by atoms with van der Waals surface area (Å²) < 4.78 is 0. The highest BCUT2D eigenvalue weighted by atomic mass is 32.1. The van der Waals surface area contributed by atoms with Gasteiger partial charge in [-0.3, -0.25) is 4.79 Å². The second-order valence-electron chi connectivity index (χ2n) is 4.32. The maximum absolute atomic E-state index is 11.7. The van der Waals surface area contributed by atoms with E-state index in [1.54, 1.807) is 11.3 Å². The third-order valence-electron chi connectivity index (χ3n) is 2.93. The Labute approximate surface area is 105 Å². The van der Waals surface area contributed by atoms with E-state index in [2.05, 4.69) is 11.4 Å². The summed E-state index contributed by atoms with van der Waals surface area (Å²) in [6.45, 7) is 0.165. The average Bonchev–Trinajstić information content (AvgIpc) is 2.97. The predicted octanol–water partition coefficient (Wildman–Crippen LogP) is 1.73. The minimum Gasteiger partial charge on any atom is -0.396 e. The number of aliphatic hydroxyl groups excluding tert-OH is 1. The van der Waals surface area contributed by atoms with Gasteiger partial charge in [-0.1, -0.05) is 18.2 Å². The molecule has 4 heteroatoms. The van der Waals surface area contributed by atoms with E-state index >= 15 is 0 Å². The molecule has 3 nitrogen and oxygen atoms in total. The lowest BCUT2D eigenvalue weighted by molar-refractivity contribution is -0.121. The van der Waals surface area contributed by atoms with Crippen molar-refractivity contribution in [3.8, 4) is 0 Å². The lowest BCUT2D eigenvalue weighted by Gasteiger charge is -2.12. The molecule has 0 fully saturated rings. The van der Waals surface area contributed by atoms with E-state index in [9.17, 15) is 4.79 Å². The molecule has 0 saturated carbocycles. The van der Waals surface area contributed by atoms with E-state index in [-0.39, 0.29) is 24.5 Å². The zero-order valence-electron chi connectivity index (χ0n) is 9.63. The molecule has 92 valence electrons. The molecule has 0 aromatic carbocycles. The Hall–Kier alpha value is -1.13. The molecule has 1 amide bonds. The van der Waals surface area contributed by atoms with Crippen molar-refractivity contribution in [2.24, 2.45) is 5.92 Å². The second-order valence-corrected chi connectivity index (χ2v) is 5.35. The molecule has 1 aliphatic carbocycles. The number of carbonyl (C=O) groups is 1. The Balaban J connectivity index is 1.70. The number of aliphatic hydroxyl groups is 1. The maximum Gasteiger partial charge on any atom is 0.220 e. The molecule has 2 rings (SSSR count). The standard InChI is InChI=1S/C13H17NO2S/c15-9-10-3-4-11(8-10)14-13(16)6-5-12-2-1-7-17-12/h1-4,7,10-11,15H,5-6,8-9H2,(H,14,16)/t10-,11+/m0/s1. The second kappa shape index (κ2) is 5.98. The van der Waals surface area contributed by atoms with Crippen molar-refractivity contribution in [3.63, 3.8) is 0 Å². The zero-order valence-corrected chi connectivity index (χ0v) is 10.5. The van der Waals surface area contributed by atoms with Gasteiger partial charge in [0, 0.05) is 29.9 Å². The van der Waals surface area contributed by atoms with E-state index in [0.29, 0.717) is 6.42 Å². The van der Waals surface area contributed by atoms with Gasteiger partial charge in [0.05, 0.1) is 0 Å². The van der Waals surface area contributed by atoms with Gasteiger partial charge >= 0.3 is 0 Å². The molecule has 2 atom stereocenters. The van der Waals surface area contributed by atoms with E-state index in [1.807, 2.05) is 23.6 Å². The normalized spacial score (nSPS) is 22.9. The van der Waals surface area contributed by atoms with Crippen LogP contribution in [0.2, 0.25) is 0 Å². The maximum atomic E-state index is 11.7. The molecule has 2 N–H and O–H groups in total. The average molecular weight is 251 g/mol. The van der Waals surface area contributed by atoms with Crippen LogP contribution >= 0.6 is 11.3 Å². The molecule has 17 heavy (non-hydrogen) atoms. The van der Waals surface area contributed by atoms with Gasteiger partial charge in [0.25, 0.3) is 0 Å². The first-order valence-electron chi connectivity index (χ1n) is 5.89. The molecule has 0 radical (unpaired) electrons.